The van der Waals surface area contributed by atoms with E-state index in [2.05, 4.69) is 53.7 Å². The van der Waals surface area contributed by atoms with Gasteiger partial charge in [-0.05, 0) is 131 Å². The third-order valence-electron chi connectivity index (χ3n) is 19.3. The summed E-state index contributed by atoms with van der Waals surface area (Å²) in [4.78, 5) is 64.0. The van der Waals surface area contributed by atoms with Crippen LogP contribution in [-0.2, 0) is 0 Å². The molecule has 91 heavy (non-hydrogen) atoms. The number of benzene rings is 4. The highest BCUT2D eigenvalue weighted by Crippen LogP contribution is 2.52. The quantitative estimate of drug-likeness (QED) is 0.0270. The second-order valence-corrected chi connectivity index (χ2v) is 34.4. The van der Waals surface area contributed by atoms with Crippen LogP contribution in [-0.4, -0.2) is 72.1 Å². The molecule has 0 spiro atoms. The molecule has 470 valence electrons. The average molecular weight is 1350 g/mol. The van der Waals surface area contributed by atoms with E-state index in [1.165, 1.54) is 42.8 Å². The zero-order valence-electron chi connectivity index (χ0n) is 52.4. The summed E-state index contributed by atoms with van der Waals surface area (Å²) in [5, 5.41) is 2.73. The van der Waals surface area contributed by atoms with Crippen LogP contribution in [0.2, 0.25) is 12.1 Å². The van der Waals surface area contributed by atoms with Gasteiger partial charge in [0, 0.05) is 63.2 Å². The summed E-state index contributed by atoms with van der Waals surface area (Å²) >= 11 is 8.44. The number of rotatable bonds is 28. The van der Waals surface area contributed by atoms with Crippen LogP contribution in [0.3, 0.4) is 0 Å². The van der Waals surface area contributed by atoms with Gasteiger partial charge in [0.1, 0.15) is 41.8 Å². The molecule has 0 radical (unpaired) electrons. The highest BCUT2D eigenvalue weighted by Gasteiger charge is 2.51. The molecule has 4 aromatic carbocycles. The van der Waals surface area contributed by atoms with Crippen molar-refractivity contribution in [3.05, 3.63) is 119 Å². The highest BCUT2D eigenvalue weighted by atomic mass is 32.1. The van der Waals surface area contributed by atoms with Gasteiger partial charge in [-0.2, -0.15) is 17.5 Å². The molecule has 0 aliphatic carbocycles. The van der Waals surface area contributed by atoms with E-state index in [-0.39, 0.29) is 35.3 Å². The number of hydrogen-bond acceptors (Lipinski definition) is 14. The van der Waals surface area contributed by atoms with Gasteiger partial charge in [0.25, 0.3) is 23.6 Å². The fraction of sp³-hybridized carbons (Fsp3) is 0.389. The van der Waals surface area contributed by atoms with Gasteiger partial charge < -0.3 is 0 Å². The number of imide groups is 2. The summed E-state index contributed by atoms with van der Waals surface area (Å²) in [7, 11) is -2.72. The Bertz CT molecular complexity index is 4160. The standard InChI is InChI=1S/C72H74F2N6O4S6Si/c1-7-13-17-19-31-79-69(81)45-25-23-43(33-47(45)71(79)83)53-27-29-55(85-53)49-35-51(73)61(65-63(49)75-89-77-65)57-37-59-67(87-57)68-60(91(59,39-41(11-5)21-15-9-3)40-42(12-6)22-16-10-4)38-58(88-68)62-52(74)36-50(64-66(62)78-90-76-64)56-30-28-54(86-56)44-24-26-46-48(34-44)72(84)80(70(46)82)32-20-18-14-8-2/h23-30,33-38,41-42H,7-22,31-32,39-40H2,1-6H3. The first-order valence-corrected chi connectivity index (χ1v) is 39.9. The molecule has 2 unspecified atom stereocenters. The predicted octanol–water partition coefficient (Wildman–Crippen LogP) is 20.6. The van der Waals surface area contributed by atoms with Crippen molar-refractivity contribution in [3.63, 3.8) is 0 Å². The van der Waals surface area contributed by atoms with Crippen molar-refractivity contribution < 1.29 is 28.0 Å². The third kappa shape index (κ3) is 11.6. The van der Waals surface area contributed by atoms with E-state index >= 15 is 8.78 Å². The molecule has 0 bridgehead atoms. The maximum absolute atomic E-state index is 17.7. The average Bonchev–Trinajstić information content (AvgIpc) is 1.55. The maximum atomic E-state index is 17.7. The number of fused-ring (bicyclic) bond motifs is 7. The van der Waals surface area contributed by atoms with Crippen molar-refractivity contribution in [1.82, 2.24) is 27.3 Å². The Balaban J connectivity index is 0.866. The number of amides is 4. The molecule has 0 N–H and O–H groups in total. The molecule has 0 saturated heterocycles. The van der Waals surface area contributed by atoms with E-state index < -0.39 is 8.07 Å². The topological polar surface area (TPSA) is 126 Å². The Morgan fingerprint density at radius 3 is 1.21 bits per heavy atom. The molecule has 6 aromatic heterocycles. The molecule has 3 aliphatic heterocycles. The predicted molar refractivity (Wildman–Crippen MR) is 378 cm³/mol. The number of thiophene rings is 4. The van der Waals surface area contributed by atoms with Gasteiger partial charge in [0.05, 0.1) is 56.8 Å². The Hall–Kier alpha value is -6.32. The number of nitrogens with zero attached hydrogens (tertiary/aromatic N) is 6. The van der Waals surface area contributed by atoms with Crippen molar-refractivity contribution >= 4 is 133 Å². The minimum Gasteiger partial charge on any atom is -0.274 e. The molecular weight excluding hydrogens is 1270 g/mol. The maximum Gasteiger partial charge on any atom is 0.261 e. The first-order chi connectivity index (χ1) is 44.3. The Morgan fingerprint density at radius 1 is 0.407 bits per heavy atom. The Kier molecular flexibility index (Phi) is 18.8. The summed E-state index contributed by atoms with van der Waals surface area (Å²) in [5.41, 5.74) is 7.86. The number of aromatic nitrogens is 4. The van der Waals surface area contributed by atoms with Gasteiger partial charge in [-0.3, -0.25) is 29.0 Å². The van der Waals surface area contributed by atoms with Crippen LogP contribution >= 0.6 is 68.8 Å². The van der Waals surface area contributed by atoms with Crippen molar-refractivity contribution in [2.75, 3.05) is 13.1 Å². The van der Waals surface area contributed by atoms with E-state index in [4.69, 9.17) is 17.5 Å². The van der Waals surface area contributed by atoms with Crippen molar-refractivity contribution in [1.29, 1.82) is 0 Å². The second-order valence-electron chi connectivity index (χ2n) is 25.0. The van der Waals surface area contributed by atoms with Gasteiger partial charge in [-0.1, -0.05) is 144 Å². The molecule has 4 amide bonds. The molecule has 2 atom stereocenters. The lowest BCUT2D eigenvalue weighted by Crippen LogP contribution is -2.56. The van der Waals surface area contributed by atoms with Gasteiger partial charge >= 0.3 is 0 Å². The minimum atomic E-state index is -2.72. The number of halogens is 2. The van der Waals surface area contributed by atoms with E-state index in [0.29, 0.717) is 91.5 Å². The van der Waals surface area contributed by atoms with E-state index in [1.54, 1.807) is 46.9 Å². The lowest BCUT2D eigenvalue weighted by Gasteiger charge is -2.35. The molecular formula is C72H74F2N6O4S6Si. The highest BCUT2D eigenvalue weighted by molar-refractivity contribution is 7.32. The first kappa shape index (κ1) is 63.4. The van der Waals surface area contributed by atoms with Crippen LogP contribution in [0.15, 0.2) is 84.9 Å². The van der Waals surface area contributed by atoms with E-state index in [0.717, 1.165) is 188 Å². The smallest absolute Gasteiger partial charge is 0.261 e. The van der Waals surface area contributed by atoms with Crippen LogP contribution in [0, 0.1) is 23.5 Å². The van der Waals surface area contributed by atoms with Crippen molar-refractivity contribution in [2.24, 2.45) is 11.8 Å². The van der Waals surface area contributed by atoms with E-state index in [1.807, 2.05) is 48.5 Å². The zero-order chi connectivity index (χ0) is 63.2. The van der Waals surface area contributed by atoms with Crippen molar-refractivity contribution in [3.8, 4) is 72.4 Å². The monoisotopic (exact) mass is 1340 g/mol. The van der Waals surface area contributed by atoms with E-state index in [9.17, 15) is 19.2 Å². The number of carbonyl (C=O) groups is 4. The first-order valence-electron chi connectivity index (χ1n) is 32.7. The molecule has 0 saturated carbocycles. The number of unbranched alkanes of at least 4 members (excludes halogenated alkanes) is 8. The number of hydrogen-bond donors (Lipinski definition) is 0. The van der Waals surface area contributed by atoms with Gasteiger partial charge in [-0.25, -0.2) is 8.78 Å². The van der Waals surface area contributed by atoms with Crippen LogP contribution < -0.4 is 10.4 Å². The fourth-order valence-corrected chi connectivity index (χ4v) is 27.9. The summed E-state index contributed by atoms with van der Waals surface area (Å²) in [5.74, 6) is -0.768. The molecule has 10 nitrogen and oxygen atoms in total. The van der Waals surface area contributed by atoms with Crippen LogP contribution in [0.4, 0.5) is 8.78 Å². The third-order valence-corrected chi connectivity index (χ3v) is 30.9. The largest absolute Gasteiger partial charge is 0.274 e. The van der Waals surface area contributed by atoms with Gasteiger partial charge in [-0.15, -0.1) is 45.3 Å². The lowest BCUT2D eigenvalue weighted by molar-refractivity contribution is 0.0636. The molecule has 10 aromatic rings. The molecule has 9 heterocycles. The SMILES string of the molecule is CCCCCCN1C(=O)c2ccc(-c3ccc(-c4cc(F)c(-c5cc6c(s5)-c5sc(-c7c(F)cc(-c8ccc(-c9ccc%10c(c9)C(=O)N(CCCCCC)C%10=O)s8)c8nsnc78)cc5[Si]6(CC(CC)CCCC)CC(CC)CCCC)c5nsnc45)s3)cc2C1=O. The fourth-order valence-electron chi connectivity index (χ4n) is 14.2. The molecule has 13 rings (SSSR count). The minimum absolute atomic E-state index is 0.240. The summed E-state index contributed by atoms with van der Waals surface area (Å²) in [6.07, 6.45) is 16.7. The molecule has 0 fully saturated rings. The summed E-state index contributed by atoms with van der Waals surface area (Å²) in [6.45, 7) is 14.3. The summed E-state index contributed by atoms with van der Waals surface area (Å²) in [6, 6.07) is 28.9. The molecule has 19 heteroatoms. The lowest BCUT2D eigenvalue weighted by atomic mass is 10.0. The Morgan fingerprint density at radius 2 is 0.802 bits per heavy atom. The number of carbonyl (C=O) groups excluding carboxylic acids is 4. The Labute approximate surface area is 556 Å². The zero-order valence-corrected chi connectivity index (χ0v) is 58.3. The van der Waals surface area contributed by atoms with Crippen LogP contribution in [0.1, 0.15) is 186 Å². The van der Waals surface area contributed by atoms with Gasteiger partial charge in [0.2, 0.25) is 0 Å². The van der Waals surface area contributed by atoms with Crippen molar-refractivity contribution in [2.45, 2.75) is 156 Å². The normalized spacial score (nSPS) is 14.9. The van der Waals surface area contributed by atoms with Crippen LogP contribution in [0.5, 0.6) is 0 Å². The van der Waals surface area contributed by atoms with Crippen LogP contribution in [0.25, 0.3) is 94.5 Å². The molecule has 3 aliphatic rings. The summed E-state index contributed by atoms with van der Waals surface area (Å²) < 4.78 is 54.9. The van der Waals surface area contributed by atoms with Gasteiger partial charge in [0.15, 0.2) is 0 Å². The second kappa shape index (κ2) is 27.0.